The molecule has 0 atom stereocenters. The van der Waals surface area contributed by atoms with E-state index in [1.54, 1.807) is 12.1 Å². The third-order valence-corrected chi connectivity index (χ3v) is 4.81. The highest BCUT2D eigenvalue weighted by Crippen LogP contribution is 2.28. The van der Waals surface area contributed by atoms with Crippen molar-refractivity contribution >= 4 is 28.2 Å². The molecule has 0 saturated carbocycles. The Balaban J connectivity index is 1.50. The highest BCUT2D eigenvalue weighted by Gasteiger charge is 2.24. The molecule has 1 fully saturated rings. The predicted octanol–water partition coefficient (Wildman–Crippen LogP) is 2.86. The van der Waals surface area contributed by atoms with Gasteiger partial charge in [-0.1, -0.05) is 0 Å². The van der Waals surface area contributed by atoms with Crippen molar-refractivity contribution in [2.24, 2.45) is 0 Å². The fraction of sp³-hybridized carbons (Fsp3) is 0.300. The average molecular weight is 350 g/mol. The summed E-state index contributed by atoms with van der Waals surface area (Å²) in [6.07, 6.45) is 3.39. The molecular weight excluding hydrogens is 328 g/mol. The van der Waals surface area contributed by atoms with E-state index in [-0.39, 0.29) is 5.91 Å². The predicted molar refractivity (Wildman–Crippen MR) is 103 cm³/mol. The Labute approximate surface area is 152 Å². The number of rotatable bonds is 3. The number of hydrogen-bond donors (Lipinski definition) is 0. The zero-order valence-corrected chi connectivity index (χ0v) is 15.1. The van der Waals surface area contributed by atoms with Crippen LogP contribution in [0.4, 0.5) is 11.5 Å². The van der Waals surface area contributed by atoms with Gasteiger partial charge in [-0.15, -0.1) is 0 Å². The maximum atomic E-state index is 12.4. The summed E-state index contributed by atoms with van der Waals surface area (Å²) >= 11 is 0. The molecule has 1 saturated heterocycles. The first-order valence-corrected chi connectivity index (χ1v) is 8.77. The topological polar surface area (TPSA) is 52.8 Å². The lowest BCUT2D eigenvalue weighted by Gasteiger charge is -2.35. The van der Waals surface area contributed by atoms with Crippen LogP contribution in [0, 0.1) is 0 Å². The molecule has 1 aromatic carbocycles. The van der Waals surface area contributed by atoms with E-state index in [1.807, 2.05) is 36.2 Å². The van der Waals surface area contributed by atoms with Crippen molar-refractivity contribution in [3.05, 3.63) is 54.6 Å². The van der Waals surface area contributed by atoms with Gasteiger partial charge in [0.05, 0.1) is 6.26 Å². The van der Waals surface area contributed by atoms with Gasteiger partial charge in [-0.3, -0.25) is 4.79 Å². The number of anilines is 2. The van der Waals surface area contributed by atoms with Crippen LogP contribution >= 0.6 is 0 Å². The number of piperazine rings is 1. The number of aromatic nitrogens is 1. The molecule has 134 valence electrons. The van der Waals surface area contributed by atoms with Gasteiger partial charge in [0, 0.05) is 57.5 Å². The van der Waals surface area contributed by atoms with Gasteiger partial charge in [0.15, 0.2) is 5.76 Å². The van der Waals surface area contributed by atoms with Crippen molar-refractivity contribution in [3.63, 3.8) is 0 Å². The molecule has 1 aliphatic heterocycles. The third-order valence-electron chi connectivity index (χ3n) is 4.81. The lowest BCUT2D eigenvalue weighted by atomic mass is 10.1. The first kappa shape index (κ1) is 16.4. The molecule has 4 rings (SSSR count). The first-order chi connectivity index (χ1) is 12.6. The molecule has 0 N–H and O–H groups in total. The molecule has 0 radical (unpaired) electrons. The third kappa shape index (κ3) is 2.98. The van der Waals surface area contributed by atoms with Gasteiger partial charge in [-0.25, -0.2) is 4.98 Å². The molecule has 1 aliphatic rings. The molecule has 0 bridgehead atoms. The highest BCUT2D eigenvalue weighted by atomic mass is 16.3. The smallest absolute Gasteiger partial charge is 0.289 e. The van der Waals surface area contributed by atoms with E-state index in [0.717, 1.165) is 24.3 Å². The van der Waals surface area contributed by atoms with Crippen molar-refractivity contribution in [1.29, 1.82) is 0 Å². The van der Waals surface area contributed by atoms with E-state index in [1.165, 1.54) is 17.3 Å². The number of furan rings is 1. The summed E-state index contributed by atoms with van der Waals surface area (Å²) in [6, 6.07) is 12.0. The van der Waals surface area contributed by atoms with Crippen LogP contribution in [0.25, 0.3) is 10.8 Å². The summed E-state index contributed by atoms with van der Waals surface area (Å²) in [7, 11) is 4.01. The van der Waals surface area contributed by atoms with E-state index in [0.29, 0.717) is 18.8 Å². The normalized spacial score (nSPS) is 14.7. The Hall–Kier alpha value is -3.02. The molecule has 26 heavy (non-hydrogen) atoms. The van der Waals surface area contributed by atoms with Crippen LogP contribution in [0.5, 0.6) is 0 Å². The number of fused-ring (bicyclic) bond motifs is 1. The Morgan fingerprint density at radius 2 is 1.92 bits per heavy atom. The largest absolute Gasteiger partial charge is 0.459 e. The van der Waals surface area contributed by atoms with Crippen molar-refractivity contribution in [3.8, 4) is 0 Å². The van der Waals surface area contributed by atoms with E-state index in [4.69, 9.17) is 4.42 Å². The zero-order valence-electron chi connectivity index (χ0n) is 15.1. The zero-order chi connectivity index (χ0) is 18.1. The standard InChI is InChI=1S/C20H22N4O2/c1-22(2)19-17-6-5-16(14-15(17)7-8-21-19)23-9-11-24(12-10-23)20(25)18-4-3-13-26-18/h3-8,13-14H,9-12H2,1-2H3. The Morgan fingerprint density at radius 1 is 1.12 bits per heavy atom. The summed E-state index contributed by atoms with van der Waals surface area (Å²) in [6.45, 7) is 3.00. The van der Waals surface area contributed by atoms with E-state index in [2.05, 4.69) is 28.1 Å². The van der Waals surface area contributed by atoms with Gasteiger partial charge in [0.2, 0.25) is 0 Å². The quantitative estimate of drug-likeness (QED) is 0.727. The van der Waals surface area contributed by atoms with Crippen molar-refractivity contribution in [2.45, 2.75) is 0 Å². The van der Waals surface area contributed by atoms with Crippen LogP contribution in [-0.4, -0.2) is 56.1 Å². The molecular formula is C20H22N4O2. The Kier molecular flexibility index (Phi) is 4.24. The summed E-state index contributed by atoms with van der Waals surface area (Å²) in [5, 5.41) is 2.32. The highest BCUT2D eigenvalue weighted by molar-refractivity contribution is 5.94. The van der Waals surface area contributed by atoms with Crippen LogP contribution < -0.4 is 9.80 Å². The monoisotopic (exact) mass is 350 g/mol. The second-order valence-electron chi connectivity index (χ2n) is 6.69. The summed E-state index contributed by atoms with van der Waals surface area (Å²) in [5.74, 6) is 1.35. The SMILES string of the molecule is CN(C)c1nccc2cc(N3CCN(C(=O)c4ccco4)CC3)ccc12. The minimum atomic E-state index is -0.0325. The molecule has 0 aliphatic carbocycles. The van der Waals surface area contributed by atoms with Crippen molar-refractivity contribution in [1.82, 2.24) is 9.88 Å². The fourth-order valence-corrected chi connectivity index (χ4v) is 3.43. The molecule has 2 aromatic heterocycles. The molecule has 0 spiro atoms. The second-order valence-corrected chi connectivity index (χ2v) is 6.69. The summed E-state index contributed by atoms with van der Waals surface area (Å²) < 4.78 is 5.22. The van der Waals surface area contributed by atoms with Gasteiger partial charge in [0.1, 0.15) is 5.82 Å². The number of amides is 1. The number of pyridine rings is 1. The number of hydrogen-bond acceptors (Lipinski definition) is 5. The second kappa shape index (κ2) is 6.71. The Bertz CT molecular complexity index is 913. The van der Waals surface area contributed by atoms with Crippen LogP contribution in [0.1, 0.15) is 10.6 Å². The van der Waals surface area contributed by atoms with Crippen LogP contribution in [0.15, 0.2) is 53.3 Å². The van der Waals surface area contributed by atoms with Crippen molar-refractivity contribution < 1.29 is 9.21 Å². The molecule has 6 heteroatoms. The molecule has 1 amide bonds. The minimum Gasteiger partial charge on any atom is -0.459 e. The lowest BCUT2D eigenvalue weighted by Crippen LogP contribution is -2.48. The maximum absolute atomic E-state index is 12.4. The number of benzene rings is 1. The molecule has 6 nitrogen and oxygen atoms in total. The van der Waals surface area contributed by atoms with E-state index >= 15 is 0 Å². The van der Waals surface area contributed by atoms with E-state index < -0.39 is 0 Å². The average Bonchev–Trinajstić information content (AvgIpc) is 3.21. The molecule has 0 unspecified atom stereocenters. The Morgan fingerprint density at radius 3 is 2.62 bits per heavy atom. The van der Waals surface area contributed by atoms with Crippen LogP contribution in [-0.2, 0) is 0 Å². The van der Waals surface area contributed by atoms with Crippen molar-refractivity contribution in [2.75, 3.05) is 50.1 Å². The first-order valence-electron chi connectivity index (χ1n) is 8.77. The number of carbonyl (C=O) groups excluding carboxylic acids is 1. The van der Waals surface area contributed by atoms with Crippen LogP contribution in [0.2, 0.25) is 0 Å². The van der Waals surface area contributed by atoms with Gasteiger partial charge >= 0.3 is 0 Å². The minimum absolute atomic E-state index is 0.0325. The van der Waals surface area contributed by atoms with E-state index in [9.17, 15) is 4.79 Å². The number of nitrogens with zero attached hydrogens (tertiary/aromatic N) is 4. The van der Waals surface area contributed by atoms with Gasteiger partial charge in [0.25, 0.3) is 5.91 Å². The van der Waals surface area contributed by atoms with Gasteiger partial charge in [-0.2, -0.15) is 0 Å². The molecule has 3 aromatic rings. The summed E-state index contributed by atoms with van der Waals surface area (Å²) in [4.78, 5) is 23.0. The maximum Gasteiger partial charge on any atom is 0.289 e. The van der Waals surface area contributed by atoms with Gasteiger partial charge < -0.3 is 19.1 Å². The van der Waals surface area contributed by atoms with Crippen LogP contribution in [0.3, 0.4) is 0 Å². The molecule has 3 heterocycles. The lowest BCUT2D eigenvalue weighted by molar-refractivity contribution is 0.0714. The van der Waals surface area contributed by atoms with Gasteiger partial charge in [-0.05, 0) is 41.8 Å². The fourth-order valence-electron chi connectivity index (χ4n) is 3.43. The summed E-state index contributed by atoms with van der Waals surface area (Å²) in [5.41, 5.74) is 1.18. The number of carbonyl (C=O) groups is 1.